The van der Waals surface area contributed by atoms with Crippen molar-refractivity contribution in [3.63, 3.8) is 0 Å². The number of urea groups is 1. The summed E-state index contributed by atoms with van der Waals surface area (Å²) in [7, 11) is 0. The number of hydrogen-bond acceptors (Lipinski definition) is 5. The summed E-state index contributed by atoms with van der Waals surface area (Å²) in [6, 6.07) is 12.0. The molecule has 8 nitrogen and oxygen atoms in total. The predicted molar refractivity (Wildman–Crippen MR) is 114 cm³/mol. The Labute approximate surface area is 180 Å². The highest BCUT2D eigenvalue weighted by molar-refractivity contribution is 6.09. The van der Waals surface area contributed by atoms with Crippen LogP contribution in [0.5, 0.6) is 0 Å². The number of hydrogen-bond donors (Lipinski definition) is 2. The number of nitrogens with one attached hydrogen (secondary N) is 2. The normalized spacial score (nSPS) is 18.0. The van der Waals surface area contributed by atoms with Crippen LogP contribution in [0, 0.1) is 20.8 Å². The molecule has 0 aromatic heterocycles. The van der Waals surface area contributed by atoms with E-state index in [2.05, 4.69) is 10.6 Å². The van der Waals surface area contributed by atoms with E-state index in [-0.39, 0.29) is 0 Å². The highest BCUT2D eigenvalue weighted by atomic mass is 16.5. The van der Waals surface area contributed by atoms with Crippen LogP contribution in [0.1, 0.15) is 29.2 Å². The minimum Gasteiger partial charge on any atom is -0.454 e. The van der Waals surface area contributed by atoms with E-state index in [4.69, 9.17) is 4.74 Å². The largest absolute Gasteiger partial charge is 0.454 e. The molecule has 3 rings (SSSR count). The van der Waals surface area contributed by atoms with Gasteiger partial charge in [0.1, 0.15) is 12.1 Å². The van der Waals surface area contributed by atoms with Gasteiger partial charge in [-0.3, -0.25) is 19.3 Å². The molecule has 0 aliphatic carbocycles. The number of carbonyl (C=O) groups excluding carboxylic acids is 4. The van der Waals surface area contributed by atoms with Crippen molar-refractivity contribution in [1.29, 1.82) is 0 Å². The molecule has 1 atom stereocenters. The number of ether oxygens (including phenoxy) is 1. The molecule has 8 heteroatoms. The van der Waals surface area contributed by atoms with E-state index in [0.29, 0.717) is 11.3 Å². The Bertz CT molecular complexity index is 1050. The van der Waals surface area contributed by atoms with Gasteiger partial charge in [0.2, 0.25) is 0 Å². The first-order valence-electron chi connectivity index (χ1n) is 9.84. The average Bonchev–Trinajstić information content (AvgIpc) is 2.93. The van der Waals surface area contributed by atoms with E-state index in [1.165, 1.54) is 0 Å². The first kappa shape index (κ1) is 22.0. The fraction of sp³-hybridized carbons (Fsp3) is 0.304. The fourth-order valence-corrected chi connectivity index (χ4v) is 3.38. The van der Waals surface area contributed by atoms with Crippen molar-refractivity contribution in [1.82, 2.24) is 10.2 Å². The van der Waals surface area contributed by atoms with Gasteiger partial charge < -0.3 is 15.4 Å². The lowest BCUT2D eigenvalue weighted by Gasteiger charge is -2.22. The Morgan fingerprint density at radius 2 is 1.68 bits per heavy atom. The van der Waals surface area contributed by atoms with Crippen LogP contribution in [0.15, 0.2) is 42.5 Å². The quantitative estimate of drug-likeness (QED) is 0.549. The molecule has 1 aliphatic rings. The van der Waals surface area contributed by atoms with Crippen molar-refractivity contribution in [3.8, 4) is 0 Å². The van der Waals surface area contributed by atoms with Crippen LogP contribution in [0.3, 0.4) is 0 Å². The Balaban J connectivity index is 1.57. The van der Waals surface area contributed by atoms with Gasteiger partial charge in [-0.25, -0.2) is 4.79 Å². The Morgan fingerprint density at radius 3 is 2.32 bits per heavy atom. The number of rotatable bonds is 6. The van der Waals surface area contributed by atoms with Gasteiger partial charge >= 0.3 is 12.0 Å². The molecule has 31 heavy (non-hydrogen) atoms. The van der Waals surface area contributed by atoms with Crippen molar-refractivity contribution in [3.05, 3.63) is 64.7 Å². The molecule has 1 aliphatic heterocycles. The third-order valence-corrected chi connectivity index (χ3v) is 5.21. The summed E-state index contributed by atoms with van der Waals surface area (Å²) in [6.07, 6.45) is 0. The van der Waals surface area contributed by atoms with Crippen LogP contribution in [0.2, 0.25) is 0 Å². The first-order valence-corrected chi connectivity index (χ1v) is 9.84. The van der Waals surface area contributed by atoms with E-state index in [9.17, 15) is 19.2 Å². The zero-order chi connectivity index (χ0) is 22.8. The summed E-state index contributed by atoms with van der Waals surface area (Å²) in [5.41, 5.74) is 2.92. The smallest absolute Gasteiger partial charge is 0.326 e. The molecule has 1 fully saturated rings. The molecule has 0 unspecified atom stereocenters. The number of anilines is 1. The molecule has 0 spiro atoms. The molecule has 1 saturated heterocycles. The number of benzene rings is 2. The SMILES string of the molecule is Cc1ccc([C@@]2(C)NC(=O)N(CC(=O)OCC(=O)Nc3ccc(C)cc3C)C2=O)cc1. The minimum absolute atomic E-state index is 0.512. The zero-order valence-corrected chi connectivity index (χ0v) is 17.9. The molecular weight excluding hydrogens is 398 g/mol. The summed E-state index contributed by atoms with van der Waals surface area (Å²) in [4.78, 5) is 50.2. The van der Waals surface area contributed by atoms with Gasteiger partial charge in [0, 0.05) is 5.69 Å². The average molecular weight is 423 g/mol. The molecule has 0 saturated carbocycles. The number of carbonyl (C=O) groups is 4. The molecule has 2 N–H and O–H groups in total. The summed E-state index contributed by atoms with van der Waals surface area (Å²) < 4.78 is 4.96. The van der Waals surface area contributed by atoms with Crippen LogP contribution in [0.4, 0.5) is 10.5 Å². The van der Waals surface area contributed by atoms with E-state index < -0.39 is 42.5 Å². The Morgan fingerprint density at radius 1 is 1.03 bits per heavy atom. The summed E-state index contributed by atoms with van der Waals surface area (Å²) >= 11 is 0. The maximum Gasteiger partial charge on any atom is 0.326 e. The number of imide groups is 1. The Hall–Kier alpha value is -3.68. The lowest BCUT2D eigenvalue weighted by Crippen LogP contribution is -2.41. The third-order valence-electron chi connectivity index (χ3n) is 5.21. The molecule has 2 aromatic carbocycles. The first-order chi connectivity index (χ1) is 14.6. The topological polar surface area (TPSA) is 105 Å². The predicted octanol–water partition coefficient (Wildman–Crippen LogP) is 2.56. The van der Waals surface area contributed by atoms with Gasteiger partial charge in [0.15, 0.2) is 6.61 Å². The number of amides is 4. The van der Waals surface area contributed by atoms with Crippen LogP contribution in [-0.4, -0.2) is 41.9 Å². The standard InChI is InChI=1S/C23H25N3O5/c1-14-5-8-17(9-6-14)23(4)21(29)26(22(30)25-23)12-20(28)31-13-19(27)24-18-10-7-15(2)11-16(18)3/h5-11H,12-13H2,1-4H3,(H,24,27)(H,25,30)/t23-/m1/s1. The minimum atomic E-state index is -1.27. The van der Waals surface area contributed by atoms with Crippen LogP contribution in [-0.2, 0) is 24.7 Å². The molecule has 1 heterocycles. The number of aryl methyl sites for hydroxylation is 3. The van der Waals surface area contributed by atoms with Gasteiger partial charge in [-0.1, -0.05) is 47.5 Å². The molecule has 2 aromatic rings. The van der Waals surface area contributed by atoms with Crippen molar-refractivity contribution in [2.45, 2.75) is 33.2 Å². The van der Waals surface area contributed by atoms with Crippen molar-refractivity contribution in [2.24, 2.45) is 0 Å². The van der Waals surface area contributed by atoms with Crippen LogP contribution >= 0.6 is 0 Å². The van der Waals surface area contributed by atoms with E-state index in [1.807, 2.05) is 45.0 Å². The van der Waals surface area contributed by atoms with Gasteiger partial charge in [-0.2, -0.15) is 0 Å². The van der Waals surface area contributed by atoms with E-state index in [0.717, 1.165) is 21.6 Å². The lowest BCUT2D eigenvalue weighted by atomic mass is 9.91. The van der Waals surface area contributed by atoms with E-state index in [1.54, 1.807) is 25.1 Å². The van der Waals surface area contributed by atoms with Gasteiger partial charge in [-0.15, -0.1) is 0 Å². The highest BCUT2D eigenvalue weighted by Gasteiger charge is 2.49. The number of nitrogens with zero attached hydrogens (tertiary/aromatic N) is 1. The molecule has 0 bridgehead atoms. The fourth-order valence-electron chi connectivity index (χ4n) is 3.38. The monoisotopic (exact) mass is 423 g/mol. The summed E-state index contributed by atoms with van der Waals surface area (Å²) in [6.45, 7) is 6.20. The van der Waals surface area contributed by atoms with Gasteiger partial charge in [-0.05, 0) is 44.9 Å². The van der Waals surface area contributed by atoms with Crippen LogP contribution in [0.25, 0.3) is 0 Å². The second-order valence-electron chi connectivity index (χ2n) is 7.84. The van der Waals surface area contributed by atoms with Crippen molar-refractivity contribution in [2.75, 3.05) is 18.5 Å². The summed E-state index contributed by atoms with van der Waals surface area (Å²) in [5, 5.41) is 5.30. The van der Waals surface area contributed by atoms with Crippen LogP contribution < -0.4 is 10.6 Å². The number of esters is 1. The molecular formula is C23H25N3O5. The molecule has 4 amide bonds. The van der Waals surface area contributed by atoms with Gasteiger partial charge in [0.25, 0.3) is 11.8 Å². The summed E-state index contributed by atoms with van der Waals surface area (Å²) in [5.74, 6) is -1.92. The molecule has 0 radical (unpaired) electrons. The van der Waals surface area contributed by atoms with E-state index >= 15 is 0 Å². The molecule has 162 valence electrons. The lowest BCUT2D eigenvalue weighted by molar-refractivity contribution is -0.150. The van der Waals surface area contributed by atoms with Crippen molar-refractivity contribution < 1.29 is 23.9 Å². The maximum atomic E-state index is 12.9. The second kappa shape index (κ2) is 8.59. The second-order valence-corrected chi connectivity index (χ2v) is 7.84. The maximum absolute atomic E-state index is 12.9. The van der Waals surface area contributed by atoms with Gasteiger partial charge in [0.05, 0.1) is 0 Å². The third kappa shape index (κ3) is 4.74. The Kier molecular flexibility index (Phi) is 6.10. The van der Waals surface area contributed by atoms with Crippen molar-refractivity contribution >= 4 is 29.5 Å². The highest BCUT2D eigenvalue weighted by Crippen LogP contribution is 2.28. The zero-order valence-electron chi connectivity index (χ0n) is 17.9.